The summed E-state index contributed by atoms with van der Waals surface area (Å²) in [5.74, 6) is -0.346. The molecule has 0 unspecified atom stereocenters. The number of nitrogens with one attached hydrogen (secondary N) is 1. The van der Waals surface area contributed by atoms with Gasteiger partial charge in [-0.3, -0.25) is 14.3 Å². The molecule has 29 heavy (non-hydrogen) atoms. The molecule has 2 amide bonds. The first-order valence-corrected chi connectivity index (χ1v) is 12.0. The molecule has 1 aromatic carbocycles. The van der Waals surface area contributed by atoms with E-state index < -0.39 is 15.9 Å². The summed E-state index contributed by atoms with van der Waals surface area (Å²) in [6.45, 7) is 1.35. The highest BCUT2D eigenvalue weighted by molar-refractivity contribution is 9.10. The van der Waals surface area contributed by atoms with Gasteiger partial charge < -0.3 is 4.90 Å². The van der Waals surface area contributed by atoms with Crippen LogP contribution >= 0.6 is 15.9 Å². The molecule has 0 spiro atoms. The van der Waals surface area contributed by atoms with Crippen LogP contribution in [0.4, 0.5) is 0 Å². The highest BCUT2D eigenvalue weighted by atomic mass is 79.9. The SMILES string of the molecule is CS(=O)(=O)NC(=O)CCc1cn(-c2ccc(Br)cc2)nc1C1CCN(C=O)CC1. The van der Waals surface area contributed by atoms with Crippen LogP contribution in [-0.4, -0.2) is 54.8 Å². The zero-order valence-corrected chi connectivity index (χ0v) is 18.4. The molecule has 10 heteroatoms. The first-order valence-electron chi connectivity index (χ1n) is 9.29. The second-order valence-corrected chi connectivity index (χ2v) is 9.84. The summed E-state index contributed by atoms with van der Waals surface area (Å²) >= 11 is 3.42. The van der Waals surface area contributed by atoms with E-state index in [0.29, 0.717) is 19.5 Å². The number of halogens is 1. The van der Waals surface area contributed by atoms with Gasteiger partial charge in [-0.1, -0.05) is 15.9 Å². The molecule has 1 aliphatic heterocycles. The van der Waals surface area contributed by atoms with Crippen LogP contribution in [0, 0.1) is 0 Å². The Morgan fingerprint density at radius 1 is 1.28 bits per heavy atom. The van der Waals surface area contributed by atoms with Crippen LogP contribution in [0.1, 0.15) is 36.4 Å². The molecule has 8 nitrogen and oxygen atoms in total. The monoisotopic (exact) mass is 482 g/mol. The number of aryl methyl sites for hydroxylation is 1. The second kappa shape index (κ2) is 9.08. The van der Waals surface area contributed by atoms with Crippen molar-refractivity contribution in [1.29, 1.82) is 0 Å². The van der Waals surface area contributed by atoms with Gasteiger partial charge in [0.05, 0.1) is 17.6 Å². The number of piperidine rings is 1. The molecule has 1 N–H and O–H groups in total. The largest absolute Gasteiger partial charge is 0.345 e. The van der Waals surface area contributed by atoms with Gasteiger partial charge >= 0.3 is 0 Å². The Balaban J connectivity index is 1.83. The Kier molecular flexibility index (Phi) is 6.74. The Morgan fingerprint density at radius 3 is 2.52 bits per heavy atom. The van der Waals surface area contributed by atoms with Crippen molar-refractivity contribution < 1.29 is 18.0 Å². The van der Waals surface area contributed by atoms with Gasteiger partial charge in [-0.05, 0) is 49.1 Å². The van der Waals surface area contributed by atoms with Crippen molar-refractivity contribution >= 4 is 38.3 Å². The highest BCUT2D eigenvalue weighted by Gasteiger charge is 2.25. The molecule has 0 radical (unpaired) electrons. The molecule has 1 aromatic heterocycles. The topological polar surface area (TPSA) is 101 Å². The van der Waals surface area contributed by atoms with Gasteiger partial charge in [-0.2, -0.15) is 5.10 Å². The van der Waals surface area contributed by atoms with E-state index >= 15 is 0 Å². The lowest BCUT2D eigenvalue weighted by atomic mass is 9.90. The van der Waals surface area contributed by atoms with Crippen molar-refractivity contribution in [2.24, 2.45) is 0 Å². The third-order valence-corrected chi connectivity index (χ3v) is 6.03. The van der Waals surface area contributed by atoms with Gasteiger partial charge in [0, 0.05) is 36.1 Å². The van der Waals surface area contributed by atoms with Crippen molar-refractivity contribution in [3.05, 3.63) is 46.2 Å². The van der Waals surface area contributed by atoms with Crippen LogP contribution in [0.25, 0.3) is 5.69 Å². The first kappa shape index (κ1) is 21.5. The van der Waals surface area contributed by atoms with Crippen molar-refractivity contribution in [1.82, 2.24) is 19.4 Å². The molecule has 156 valence electrons. The van der Waals surface area contributed by atoms with E-state index in [-0.39, 0.29) is 12.3 Å². The average molecular weight is 483 g/mol. The summed E-state index contributed by atoms with van der Waals surface area (Å²) in [5, 5.41) is 4.78. The van der Waals surface area contributed by atoms with Crippen LogP contribution in [0.15, 0.2) is 34.9 Å². The van der Waals surface area contributed by atoms with Gasteiger partial charge in [0.15, 0.2) is 0 Å². The molecule has 0 saturated carbocycles. The lowest BCUT2D eigenvalue weighted by Crippen LogP contribution is -2.32. The molecule has 3 rings (SSSR count). The normalized spacial score (nSPS) is 15.3. The molecule has 1 fully saturated rings. The summed E-state index contributed by atoms with van der Waals surface area (Å²) in [4.78, 5) is 24.7. The molecule has 0 aliphatic carbocycles. The summed E-state index contributed by atoms with van der Waals surface area (Å²) in [6.07, 6.45) is 5.78. The number of carbonyl (C=O) groups excluding carboxylic acids is 2. The maximum atomic E-state index is 11.9. The Hall–Kier alpha value is -2.20. The number of hydrogen-bond donors (Lipinski definition) is 1. The molecular weight excluding hydrogens is 460 g/mol. The number of rotatable bonds is 7. The predicted octanol–water partition coefficient (Wildman–Crippen LogP) is 1.98. The fraction of sp³-hybridized carbons (Fsp3) is 0.421. The molecule has 0 atom stereocenters. The lowest BCUT2D eigenvalue weighted by Gasteiger charge is -2.28. The van der Waals surface area contributed by atoms with Crippen molar-refractivity contribution in [3.63, 3.8) is 0 Å². The number of amides is 2. The standard InChI is InChI=1S/C19H23BrN4O4S/c1-29(27,28)22-18(26)7-2-15-12-24(17-5-3-16(20)4-6-17)21-19(15)14-8-10-23(13-25)11-9-14/h3-6,12-14H,2,7-11H2,1H3,(H,22,26). The van der Waals surface area contributed by atoms with Crippen LogP contribution in [0.3, 0.4) is 0 Å². The summed E-state index contributed by atoms with van der Waals surface area (Å²) in [6, 6.07) is 7.74. The van der Waals surface area contributed by atoms with Crippen LogP contribution in [0.5, 0.6) is 0 Å². The van der Waals surface area contributed by atoms with E-state index in [9.17, 15) is 18.0 Å². The highest BCUT2D eigenvalue weighted by Crippen LogP contribution is 2.30. The van der Waals surface area contributed by atoms with Gasteiger partial charge in [0.1, 0.15) is 0 Å². The summed E-state index contributed by atoms with van der Waals surface area (Å²) in [5.41, 5.74) is 2.72. The van der Waals surface area contributed by atoms with E-state index in [4.69, 9.17) is 5.10 Å². The Labute approximate surface area is 178 Å². The zero-order chi connectivity index (χ0) is 21.0. The van der Waals surface area contributed by atoms with E-state index in [0.717, 1.165) is 46.9 Å². The van der Waals surface area contributed by atoms with Crippen molar-refractivity contribution in [2.75, 3.05) is 19.3 Å². The van der Waals surface area contributed by atoms with Gasteiger partial charge in [0.2, 0.25) is 22.3 Å². The minimum absolute atomic E-state index is 0.0548. The van der Waals surface area contributed by atoms with Crippen molar-refractivity contribution in [2.45, 2.75) is 31.6 Å². The van der Waals surface area contributed by atoms with E-state index in [2.05, 4.69) is 15.9 Å². The third-order valence-electron chi connectivity index (χ3n) is 4.90. The van der Waals surface area contributed by atoms with Crippen molar-refractivity contribution in [3.8, 4) is 5.69 Å². The van der Waals surface area contributed by atoms with Gasteiger partial charge in [-0.15, -0.1) is 0 Å². The Morgan fingerprint density at radius 2 is 1.93 bits per heavy atom. The number of sulfonamides is 1. The molecule has 2 aromatic rings. The number of likely N-dealkylation sites (tertiary alicyclic amines) is 1. The second-order valence-electron chi connectivity index (χ2n) is 7.17. The molecule has 2 heterocycles. The van der Waals surface area contributed by atoms with Gasteiger partial charge in [0.25, 0.3) is 0 Å². The van der Waals surface area contributed by atoms with Crippen LogP contribution < -0.4 is 4.72 Å². The van der Waals surface area contributed by atoms with E-state index in [1.807, 2.05) is 35.2 Å². The smallest absolute Gasteiger partial charge is 0.233 e. The minimum atomic E-state index is -3.57. The van der Waals surface area contributed by atoms with E-state index in [1.54, 1.807) is 9.58 Å². The number of aromatic nitrogens is 2. The number of benzene rings is 1. The first-order chi connectivity index (χ1) is 13.7. The summed E-state index contributed by atoms with van der Waals surface area (Å²) < 4.78 is 27.3. The Bertz CT molecular complexity index is 980. The van der Waals surface area contributed by atoms with E-state index in [1.165, 1.54) is 0 Å². The summed E-state index contributed by atoms with van der Waals surface area (Å²) in [7, 11) is -3.57. The number of nitrogens with zero attached hydrogens (tertiary/aromatic N) is 3. The number of carbonyl (C=O) groups is 2. The van der Waals surface area contributed by atoms with Crippen LogP contribution in [0.2, 0.25) is 0 Å². The maximum absolute atomic E-state index is 11.9. The van der Waals surface area contributed by atoms with Crippen LogP contribution in [-0.2, 0) is 26.0 Å². The lowest BCUT2D eigenvalue weighted by molar-refractivity contribution is -0.120. The fourth-order valence-electron chi connectivity index (χ4n) is 3.47. The quantitative estimate of drug-likeness (QED) is 0.607. The molecule has 1 saturated heterocycles. The maximum Gasteiger partial charge on any atom is 0.233 e. The minimum Gasteiger partial charge on any atom is -0.345 e. The third kappa shape index (κ3) is 5.89. The molecular formula is C19H23BrN4O4S. The number of hydrogen-bond acceptors (Lipinski definition) is 5. The molecule has 1 aliphatic rings. The molecule has 0 bridgehead atoms. The zero-order valence-electron chi connectivity index (χ0n) is 16.0. The van der Waals surface area contributed by atoms with Gasteiger partial charge in [-0.25, -0.2) is 13.1 Å². The average Bonchev–Trinajstić information content (AvgIpc) is 3.10. The predicted molar refractivity (Wildman–Crippen MR) is 112 cm³/mol. The fourth-order valence-corrected chi connectivity index (χ4v) is 4.25.